The molecule has 0 radical (unpaired) electrons. The predicted molar refractivity (Wildman–Crippen MR) is 70.2 cm³/mol. The molecule has 2 aromatic rings. The number of aliphatic imine (C=N–C) groups is 1. The fraction of sp³-hybridized carbons (Fsp3) is 0.0833. The molecule has 0 bridgehead atoms. The molecule has 1 aromatic carbocycles. The van der Waals surface area contributed by atoms with Crippen molar-refractivity contribution in [2.24, 2.45) is 4.99 Å². The summed E-state index contributed by atoms with van der Waals surface area (Å²) >= 11 is 0. The summed E-state index contributed by atoms with van der Waals surface area (Å²) in [5, 5.41) is 2.93. The molecule has 6 nitrogen and oxygen atoms in total. The number of benzene rings is 1. The second-order valence-electron chi connectivity index (χ2n) is 3.97. The van der Waals surface area contributed by atoms with Gasteiger partial charge in [-0.1, -0.05) is 12.1 Å². The summed E-state index contributed by atoms with van der Waals surface area (Å²) in [4.78, 5) is 4.36. The highest BCUT2D eigenvalue weighted by atomic mass is 32.2. The fourth-order valence-electron chi connectivity index (χ4n) is 1.77. The molecule has 0 aliphatic carbocycles. The van der Waals surface area contributed by atoms with Crippen LogP contribution in [0.1, 0.15) is 5.76 Å². The van der Waals surface area contributed by atoms with Gasteiger partial charge in [0, 0.05) is 0 Å². The summed E-state index contributed by atoms with van der Waals surface area (Å²) in [6.45, 7) is 0.264. The molecule has 0 atom stereocenters. The highest BCUT2D eigenvalue weighted by Gasteiger charge is 2.25. The Kier molecular flexibility index (Phi) is 2.75. The minimum atomic E-state index is -3.56. The second kappa shape index (κ2) is 4.43. The van der Waals surface area contributed by atoms with Crippen LogP contribution in [0.15, 0.2) is 57.0 Å². The lowest BCUT2D eigenvalue weighted by Crippen LogP contribution is -2.40. The molecule has 0 amide bonds. The van der Waals surface area contributed by atoms with Gasteiger partial charge in [-0.2, -0.15) is 0 Å². The van der Waals surface area contributed by atoms with Gasteiger partial charge in [-0.05, 0) is 24.3 Å². The number of fused-ring (bicyclic) bond motifs is 1. The number of sulfonamides is 1. The number of rotatable bonds is 2. The first-order valence-corrected chi connectivity index (χ1v) is 7.09. The molecule has 2 heterocycles. The van der Waals surface area contributed by atoms with E-state index in [2.05, 4.69) is 15.0 Å². The molecule has 1 aliphatic heterocycles. The van der Waals surface area contributed by atoms with Gasteiger partial charge in [0.1, 0.15) is 17.2 Å². The first-order chi connectivity index (χ1) is 9.15. The van der Waals surface area contributed by atoms with Crippen LogP contribution in [-0.2, 0) is 16.6 Å². The second-order valence-corrected chi connectivity index (χ2v) is 5.62. The van der Waals surface area contributed by atoms with E-state index in [1.54, 1.807) is 36.6 Å². The Hall–Kier alpha value is -2.28. The molecule has 0 unspecified atom stereocenters. The van der Waals surface area contributed by atoms with Crippen molar-refractivity contribution in [3.05, 3.63) is 48.4 Å². The summed E-state index contributed by atoms with van der Waals surface area (Å²) in [5.41, 5.74) is 0.513. The molecule has 7 heteroatoms. The third kappa shape index (κ3) is 2.32. The Morgan fingerprint density at radius 2 is 2.00 bits per heavy atom. The Bertz CT molecular complexity index is 720. The molecule has 0 saturated heterocycles. The summed E-state index contributed by atoms with van der Waals surface area (Å²) in [7, 11) is -3.56. The van der Waals surface area contributed by atoms with E-state index >= 15 is 0 Å². The molecule has 1 aliphatic rings. The first kappa shape index (κ1) is 11.8. The predicted octanol–water partition coefficient (Wildman–Crippen LogP) is 1.54. The van der Waals surface area contributed by atoms with E-state index < -0.39 is 10.0 Å². The fourth-order valence-corrected chi connectivity index (χ4v) is 2.92. The molecule has 19 heavy (non-hydrogen) atoms. The van der Waals surface area contributed by atoms with Crippen LogP contribution in [0.3, 0.4) is 0 Å². The Morgan fingerprint density at radius 3 is 2.79 bits per heavy atom. The van der Waals surface area contributed by atoms with Crippen molar-refractivity contribution in [3.63, 3.8) is 0 Å². The van der Waals surface area contributed by atoms with Gasteiger partial charge in [0.15, 0.2) is 0 Å². The lowest BCUT2D eigenvalue weighted by molar-refractivity contribution is 0.512. The van der Waals surface area contributed by atoms with Crippen LogP contribution in [0, 0.1) is 0 Å². The van der Waals surface area contributed by atoms with Crippen LogP contribution < -0.4 is 10.0 Å². The zero-order valence-electron chi connectivity index (χ0n) is 9.83. The van der Waals surface area contributed by atoms with E-state index in [1.165, 1.54) is 6.07 Å². The first-order valence-electron chi connectivity index (χ1n) is 5.61. The number of furan rings is 1. The molecule has 3 rings (SSSR count). The smallest absolute Gasteiger partial charge is 0.266 e. The highest BCUT2D eigenvalue weighted by molar-refractivity contribution is 7.90. The third-order valence-corrected chi connectivity index (χ3v) is 4.03. The highest BCUT2D eigenvalue weighted by Crippen LogP contribution is 2.23. The number of para-hydroxylation sites is 1. The Balaban J connectivity index is 1.90. The Labute approximate surface area is 110 Å². The number of hydrogen-bond donors (Lipinski definition) is 2. The monoisotopic (exact) mass is 277 g/mol. The van der Waals surface area contributed by atoms with Gasteiger partial charge >= 0.3 is 0 Å². The van der Waals surface area contributed by atoms with Crippen molar-refractivity contribution in [1.82, 2.24) is 4.72 Å². The quantitative estimate of drug-likeness (QED) is 0.872. The van der Waals surface area contributed by atoms with Crippen LogP contribution in [0.25, 0.3) is 0 Å². The van der Waals surface area contributed by atoms with Crippen LogP contribution in [0.5, 0.6) is 0 Å². The van der Waals surface area contributed by atoms with Gasteiger partial charge in [0.2, 0.25) is 5.96 Å². The van der Waals surface area contributed by atoms with Gasteiger partial charge in [0.25, 0.3) is 10.0 Å². The maximum Gasteiger partial charge on any atom is 0.266 e. The molecule has 1 aromatic heterocycles. The molecular weight excluding hydrogens is 266 g/mol. The van der Waals surface area contributed by atoms with Crippen molar-refractivity contribution in [2.45, 2.75) is 11.4 Å². The van der Waals surface area contributed by atoms with Gasteiger partial charge < -0.3 is 9.73 Å². The maximum atomic E-state index is 12.0. The summed E-state index contributed by atoms with van der Waals surface area (Å²) in [6.07, 6.45) is 1.54. The van der Waals surface area contributed by atoms with E-state index in [0.717, 1.165) is 0 Å². The van der Waals surface area contributed by atoms with Gasteiger partial charge in [-0.25, -0.2) is 18.1 Å². The van der Waals surface area contributed by atoms with E-state index in [1.807, 2.05) is 0 Å². The molecule has 0 saturated carbocycles. The van der Waals surface area contributed by atoms with Crippen molar-refractivity contribution in [2.75, 3.05) is 5.32 Å². The van der Waals surface area contributed by atoms with E-state index in [4.69, 9.17) is 4.42 Å². The molecule has 0 spiro atoms. The van der Waals surface area contributed by atoms with E-state index in [-0.39, 0.29) is 17.4 Å². The zero-order chi connectivity index (χ0) is 13.3. The molecular formula is C12H11N3O3S. The summed E-state index contributed by atoms with van der Waals surface area (Å²) < 4.78 is 31.5. The average Bonchev–Trinajstić information content (AvgIpc) is 2.89. The van der Waals surface area contributed by atoms with Crippen molar-refractivity contribution < 1.29 is 12.8 Å². The number of anilines is 1. The Morgan fingerprint density at radius 1 is 1.16 bits per heavy atom. The van der Waals surface area contributed by atoms with Gasteiger partial charge in [0.05, 0.1) is 12.0 Å². The normalized spacial score (nSPS) is 18.4. The van der Waals surface area contributed by atoms with Gasteiger partial charge in [-0.3, -0.25) is 0 Å². The van der Waals surface area contributed by atoms with Crippen LogP contribution in [-0.4, -0.2) is 14.4 Å². The number of nitrogens with one attached hydrogen (secondary N) is 2. The average molecular weight is 277 g/mol. The van der Waals surface area contributed by atoms with Gasteiger partial charge in [-0.15, -0.1) is 0 Å². The number of nitrogens with zero attached hydrogens (tertiary/aromatic N) is 1. The van der Waals surface area contributed by atoms with Crippen LogP contribution in [0.4, 0.5) is 5.69 Å². The number of guanidine groups is 1. The molecule has 98 valence electrons. The standard InChI is InChI=1S/C12H11N3O3S/c16-19(17)11-6-2-1-5-10(11)14-12(15-19)13-8-9-4-3-7-18-9/h1-7H,8H2,(H2,13,14,15). The lowest BCUT2D eigenvalue weighted by atomic mass is 10.3. The summed E-state index contributed by atoms with van der Waals surface area (Å²) in [5.74, 6) is 0.849. The largest absolute Gasteiger partial charge is 0.467 e. The summed E-state index contributed by atoms with van der Waals surface area (Å²) in [6, 6.07) is 10.2. The SMILES string of the molecule is O=S1(=O)NC(=NCc2ccco2)Nc2ccccc21. The van der Waals surface area contributed by atoms with Crippen molar-refractivity contribution in [1.29, 1.82) is 0 Å². The number of hydrogen-bond acceptors (Lipinski definition) is 4. The van der Waals surface area contributed by atoms with E-state index in [9.17, 15) is 8.42 Å². The minimum Gasteiger partial charge on any atom is -0.467 e. The zero-order valence-corrected chi connectivity index (χ0v) is 10.6. The molecule has 0 fully saturated rings. The van der Waals surface area contributed by atoms with Crippen molar-refractivity contribution >= 4 is 21.7 Å². The third-order valence-electron chi connectivity index (χ3n) is 2.63. The van der Waals surface area contributed by atoms with Crippen molar-refractivity contribution in [3.8, 4) is 0 Å². The van der Waals surface area contributed by atoms with Crippen LogP contribution in [0.2, 0.25) is 0 Å². The van der Waals surface area contributed by atoms with Crippen LogP contribution >= 0.6 is 0 Å². The minimum absolute atomic E-state index is 0.190. The van der Waals surface area contributed by atoms with E-state index in [0.29, 0.717) is 11.4 Å². The topological polar surface area (TPSA) is 83.7 Å². The molecule has 2 N–H and O–H groups in total. The maximum absolute atomic E-state index is 12.0. The lowest BCUT2D eigenvalue weighted by Gasteiger charge is -2.20.